The molecule has 0 aliphatic heterocycles. The van der Waals surface area contributed by atoms with Gasteiger partial charge in [0.2, 0.25) is 5.91 Å². The Hall–Kier alpha value is -1.22. The summed E-state index contributed by atoms with van der Waals surface area (Å²) in [6.45, 7) is 0.357. The van der Waals surface area contributed by atoms with Crippen LogP contribution in [0.2, 0.25) is 0 Å². The van der Waals surface area contributed by atoms with Crippen molar-refractivity contribution in [1.29, 1.82) is 0 Å². The van der Waals surface area contributed by atoms with Crippen molar-refractivity contribution in [1.82, 2.24) is 10.2 Å². The summed E-state index contributed by atoms with van der Waals surface area (Å²) in [6.07, 6.45) is 0.594. The van der Waals surface area contributed by atoms with Gasteiger partial charge in [-0.25, -0.2) is 0 Å². The number of rotatable bonds is 5. The number of nitrogens with one attached hydrogen (secondary N) is 1. The molecule has 15 heavy (non-hydrogen) atoms. The number of hydrogen-bond donors (Lipinski definition) is 1. The molecular formula is C9H13F3N2O. The highest BCUT2D eigenvalue weighted by Gasteiger charge is 2.30. The van der Waals surface area contributed by atoms with Crippen molar-refractivity contribution < 1.29 is 18.0 Å². The van der Waals surface area contributed by atoms with Gasteiger partial charge in [0.15, 0.2) is 0 Å². The molecule has 0 rings (SSSR count). The van der Waals surface area contributed by atoms with Crippen LogP contribution in [0.5, 0.6) is 0 Å². The smallest absolute Gasteiger partial charge is 0.344 e. The molecule has 0 fully saturated rings. The zero-order valence-electron chi connectivity index (χ0n) is 8.40. The molecule has 0 heterocycles. The van der Waals surface area contributed by atoms with E-state index in [1.165, 1.54) is 0 Å². The van der Waals surface area contributed by atoms with Crippen LogP contribution < -0.4 is 5.32 Å². The summed E-state index contributed by atoms with van der Waals surface area (Å²) >= 11 is 0. The third-order valence-electron chi connectivity index (χ3n) is 1.60. The Morgan fingerprint density at radius 1 is 1.53 bits per heavy atom. The summed E-state index contributed by atoms with van der Waals surface area (Å²) in [5, 5.41) is 2.30. The fourth-order valence-corrected chi connectivity index (χ4v) is 0.942. The van der Waals surface area contributed by atoms with Crippen LogP contribution >= 0.6 is 0 Å². The lowest BCUT2D eigenvalue weighted by Crippen LogP contribution is -2.41. The minimum atomic E-state index is -4.29. The van der Waals surface area contributed by atoms with Crippen molar-refractivity contribution in [3.63, 3.8) is 0 Å². The Labute approximate surface area is 86.6 Å². The van der Waals surface area contributed by atoms with Gasteiger partial charge >= 0.3 is 6.18 Å². The first-order valence-electron chi connectivity index (χ1n) is 4.38. The number of amides is 1. The second-order valence-electron chi connectivity index (χ2n) is 2.90. The average Bonchev–Trinajstić information content (AvgIpc) is 2.11. The number of carbonyl (C=O) groups excluding carboxylic acids is 1. The molecule has 0 spiro atoms. The van der Waals surface area contributed by atoms with Crippen LogP contribution in [0.15, 0.2) is 0 Å². The quantitative estimate of drug-likeness (QED) is 0.692. The average molecular weight is 222 g/mol. The predicted molar refractivity (Wildman–Crippen MR) is 50.0 cm³/mol. The van der Waals surface area contributed by atoms with E-state index in [1.807, 2.05) is 0 Å². The van der Waals surface area contributed by atoms with E-state index in [-0.39, 0.29) is 19.6 Å². The summed E-state index contributed by atoms with van der Waals surface area (Å²) in [6, 6.07) is 0. The number of hydrogen-bond acceptors (Lipinski definition) is 2. The molecule has 0 bridgehead atoms. The summed E-state index contributed by atoms with van der Waals surface area (Å²) in [5.74, 6) is 1.66. The van der Waals surface area contributed by atoms with Crippen LogP contribution in [0, 0.1) is 12.3 Å². The fraction of sp³-hybridized carbons (Fsp3) is 0.667. The normalized spacial score (nSPS) is 11.2. The van der Waals surface area contributed by atoms with Crippen LogP contribution in [0.1, 0.15) is 6.92 Å². The van der Waals surface area contributed by atoms with Crippen LogP contribution in [0.25, 0.3) is 0 Å². The van der Waals surface area contributed by atoms with Gasteiger partial charge in [-0.05, 0) is 6.54 Å². The fourth-order valence-electron chi connectivity index (χ4n) is 0.942. The highest BCUT2D eigenvalue weighted by Crippen LogP contribution is 2.15. The molecule has 0 saturated heterocycles. The maximum Gasteiger partial charge on any atom is 0.401 e. The largest absolute Gasteiger partial charge is 0.401 e. The Balaban J connectivity index is 4.00. The molecule has 86 valence electrons. The van der Waals surface area contributed by atoms with Crippen molar-refractivity contribution in [3.8, 4) is 12.3 Å². The van der Waals surface area contributed by atoms with Crippen molar-refractivity contribution >= 4 is 5.91 Å². The van der Waals surface area contributed by atoms with Crippen LogP contribution in [-0.4, -0.2) is 43.2 Å². The second-order valence-corrected chi connectivity index (χ2v) is 2.90. The van der Waals surface area contributed by atoms with Gasteiger partial charge in [0.1, 0.15) is 0 Å². The molecule has 3 nitrogen and oxygen atoms in total. The zero-order valence-corrected chi connectivity index (χ0v) is 8.40. The van der Waals surface area contributed by atoms with Gasteiger partial charge in [-0.3, -0.25) is 9.69 Å². The maximum atomic E-state index is 12.0. The first-order chi connectivity index (χ1) is 6.89. The zero-order chi connectivity index (χ0) is 11.9. The Morgan fingerprint density at radius 2 is 2.13 bits per heavy atom. The first-order valence-corrected chi connectivity index (χ1v) is 4.38. The van der Waals surface area contributed by atoms with Crippen LogP contribution in [-0.2, 0) is 4.79 Å². The molecule has 0 aromatic rings. The lowest BCUT2D eigenvalue weighted by Gasteiger charge is -2.20. The third-order valence-corrected chi connectivity index (χ3v) is 1.60. The standard InChI is InChI=1S/C9H13F3N2O/c1-3-5-13-8(15)6-14(4-2)7-9(10,11)12/h1H,4-7H2,2H3,(H,13,15). The minimum absolute atomic E-state index is 0.0302. The molecular weight excluding hydrogens is 209 g/mol. The van der Waals surface area contributed by atoms with E-state index >= 15 is 0 Å². The number of halogens is 3. The highest BCUT2D eigenvalue weighted by molar-refractivity contribution is 5.78. The molecule has 0 aliphatic rings. The van der Waals surface area contributed by atoms with Gasteiger partial charge < -0.3 is 5.32 Å². The lowest BCUT2D eigenvalue weighted by atomic mass is 10.4. The summed E-state index contributed by atoms with van der Waals surface area (Å²) in [4.78, 5) is 12.0. The van der Waals surface area contributed by atoms with Gasteiger partial charge in [0, 0.05) is 0 Å². The van der Waals surface area contributed by atoms with Crippen molar-refractivity contribution in [2.45, 2.75) is 13.1 Å². The van der Waals surface area contributed by atoms with Gasteiger partial charge in [-0.2, -0.15) is 13.2 Å². The van der Waals surface area contributed by atoms with E-state index in [0.717, 1.165) is 4.90 Å². The molecule has 0 aromatic heterocycles. The molecule has 0 radical (unpaired) electrons. The molecule has 6 heteroatoms. The minimum Gasteiger partial charge on any atom is -0.344 e. The summed E-state index contributed by atoms with van der Waals surface area (Å²) in [5.41, 5.74) is 0. The monoisotopic (exact) mass is 222 g/mol. The molecule has 0 aliphatic carbocycles. The van der Waals surface area contributed by atoms with E-state index < -0.39 is 18.6 Å². The van der Waals surface area contributed by atoms with E-state index in [9.17, 15) is 18.0 Å². The van der Waals surface area contributed by atoms with Gasteiger partial charge in [-0.15, -0.1) is 6.42 Å². The molecule has 1 amide bonds. The van der Waals surface area contributed by atoms with E-state index in [4.69, 9.17) is 6.42 Å². The Bertz CT molecular complexity index is 245. The molecule has 0 atom stereocenters. The Kier molecular flexibility index (Phi) is 5.79. The topological polar surface area (TPSA) is 32.3 Å². The lowest BCUT2D eigenvalue weighted by molar-refractivity contribution is -0.148. The van der Waals surface area contributed by atoms with Gasteiger partial charge in [-0.1, -0.05) is 12.8 Å². The highest BCUT2D eigenvalue weighted by atomic mass is 19.4. The predicted octanol–water partition coefficient (Wildman–Crippen LogP) is 0.620. The third kappa shape index (κ3) is 7.82. The number of terminal acetylenes is 1. The summed E-state index contributed by atoms with van der Waals surface area (Å²) in [7, 11) is 0. The van der Waals surface area contributed by atoms with Crippen molar-refractivity contribution in [2.75, 3.05) is 26.2 Å². The van der Waals surface area contributed by atoms with Crippen LogP contribution in [0.3, 0.4) is 0 Å². The van der Waals surface area contributed by atoms with E-state index in [1.54, 1.807) is 6.92 Å². The SMILES string of the molecule is C#CCNC(=O)CN(CC)CC(F)(F)F. The number of nitrogens with zero attached hydrogens (tertiary/aromatic N) is 1. The van der Waals surface area contributed by atoms with Crippen molar-refractivity contribution in [3.05, 3.63) is 0 Å². The first kappa shape index (κ1) is 13.8. The molecule has 0 saturated carbocycles. The van der Waals surface area contributed by atoms with Crippen molar-refractivity contribution in [2.24, 2.45) is 0 Å². The summed E-state index contributed by atoms with van der Waals surface area (Å²) < 4.78 is 36.0. The number of likely N-dealkylation sites (N-methyl/N-ethyl adjacent to an activating group) is 1. The Morgan fingerprint density at radius 3 is 2.53 bits per heavy atom. The van der Waals surface area contributed by atoms with E-state index in [2.05, 4.69) is 11.2 Å². The number of carbonyl (C=O) groups is 1. The maximum absolute atomic E-state index is 12.0. The van der Waals surface area contributed by atoms with Gasteiger partial charge in [0.25, 0.3) is 0 Å². The molecule has 1 N–H and O–H groups in total. The van der Waals surface area contributed by atoms with Gasteiger partial charge in [0.05, 0.1) is 19.6 Å². The number of alkyl halides is 3. The molecule has 0 aromatic carbocycles. The molecule has 0 unspecified atom stereocenters. The second kappa shape index (κ2) is 6.30. The van der Waals surface area contributed by atoms with E-state index in [0.29, 0.717) is 0 Å². The van der Waals surface area contributed by atoms with Crippen LogP contribution in [0.4, 0.5) is 13.2 Å².